The van der Waals surface area contributed by atoms with Gasteiger partial charge < -0.3 is 14.4 Å². The molecular formula is C25H30BrNO4. The molecule has 0 saturated heterocycles. The van der Waals surface area contributed by atoms with Crippen LogP contribution in [0.4, 0.5) is 0 Å². The Morgan fingerprint density at radius 1 is 0.968 bits per heavy atom. The van der Waals surface area contributed by atoms with Crippen LogP contribution in [0.5, 0.6) is 11.5 Å². The Morgan fingerprint density at radius 2 is 1.58 bits per heavy atom. The molecule has 1 aromatic rings. The number of rotatable bonds is 6. The fourth-order valence-electron chi connectivity index (χ4n) is 5.17. The van der Waals surface area contributed by atoms with Gasteiger partial charge >= 0.3 is 0 Å². The van der Waals surface area contributed by atoms with Gasteiger partial charge in [0.2, 0.25) is 0 Å². The lowest BCUT2D eigenvalue weighted by Crippen LogP contribution is -2.39. The Kier molecular flexibility index (Phi) is 6.56. The summed E-state index contributed by atoms with van der Waals surface area (Å²) in [5.74, 6) is 1.26. The number of halogens is 1. The average Bonchev–Trinajstić information content (AvgIpc) is 2.77. The van der Waals surface area contributed by atoms with Crippen LogP contribution < -0.4 is 9.47 Å². The van der Waals surface area contributed by atoms with E-state index in [9.17, 15) is 9.59 Å². The second kappa shape index (κ2) is 9.19. The van der Waals surface area contributed by atoms with Crippen molar-refractivity contribution in [3.8, 4) is 11.5 Å². The highest BCUT2D eigenvalue weighted by molar-refractivity contribution is 9.10. The van der Waals surface area contributed by atoms with Crippen LogP contribution in [0.3, 0.4) is 0 Å². The highest BCUT2D eigenvalue weighted by atomic mass is 79.9. The van der Waals surface area contributed by atoms with Crippen LogP contribution in [0.1, 0.15) is 70.3 Å². The van der Waals surface area contributed by atoms with Gasteiger partial charge in [0.05, 0.1) is 13.7 Å². The SMILES string of the molecule is CCCOc1cc(Br)c(C2C3=C(CCCC3=O)N(CC)C3=C2C(=O)CCC3)cc1OC. The smallest absolute Gasteiger partial charge is 0.162 e. The van der Waals surface area contributed by atoms with Crippen LogP contribution >= 0.6 is 15.9 Å². The molecule has 0 amide bonds. The van der Waals surface area contributed by atoms with E-state index >= 15 is 0 Å². The van der Waals surface area contributed by atoms with E-state index in [0.29, 0.717) is 30.9 Å². The van der Waals surface area contributed by atoms with Crippen LogP contribution in [0.25, 0.3) is 0 Å². The maximum absolute atomic E-state index is 13.2. The van der Waals surface area contributed by atoms with Crippen LogP contribution in [0.2, 0.25) is 0 Å². The quantitative estimate of drug-likeness (QED) is 0.516. The molecule has 0 N–H and O–H groups in total. The third kappa shape index (κ3) is 3.84. The third-order valence-electron chi connectivity index (χ3n) is 6.46. The molecular weight excluding hydrogens is 458 g/mol. The molecule has 0 unspecified atom stereocenters. The Balaban J connectivity index is 1.93. The molecule has 0 radical (unpaired) electrons. The van der Waals surface area contributed by atoms with Crippen LogP contribution in [0, 0.1) is 0 Å². The van der Waals surface area contributed by atoms with E-state index in [-0.39, 0.29) is 17.5 Å². The Bertz CT molecular complexity index is 934. The molecule has 1 heterocycles. The zero-order chi connectivity index (χ0) is 22.1. The first kappa shape index (κ1) is 22.1. The first-order valence-corrected chi connectivity index (χ1v) is 12.1. The molecule has 0 spiro atoms. The normalized spacial score (nSPS) is 19.5. The number of carbonyl (C=O) groups excluding carboxylic acids is 2. The summed E-state index contributed by atoms with van der Waals surface area (Å²) in [4.78, 5) is 28.7. The van der Waals surface area contributed by atoms with Crippen molar-refractivity contribution in [2.75, 3.05) is 20.3 Å². The standard InChI is InChI=1S/C25H30BrNO4/c1-4-12-31-22-14-16(26)15(13-21(22)30-3)23-24-17(8-6-10-19(24)28)27(5-2)18-9-7-11-20(29)25(18)23/h13-14,23H,4-12H2,1-3H3. The Morgan fingerprint density at radius 3 is 2.10 bits per heavy atom. The summed E-state index contributed by atoms with van der Waals surface area (Å²) in [5, 5.41) is 0. The van der Waals surface area contributed by atoms with Crippen molar-refractivity contribution in [3.05, 3.63) is 44.7 Å². The van der Waals surface area contributed by atoms with Crippen molar-refractivity contribution in [1.29, 1.82) is 0 Å². The summed E-state index contributed by atoms with van der Waals surface area (Å²) in [6, 6.07) is 3.86. The van der Waals surface area contributed by atoms with Gasteiger partial charge in [-0.25, -0.2) is 0 Å². The Hall–Kier alpha value is -2.08. The first-order valence-electron chi connectivity index (χ1n) is 11.3. The molecule has 0 bridgehead atoms. The second-order valence-electron chi connectivity index (χ2n) is 8.32. The van der Waals surface area contributed by atoms with Crippen LogP contribution in [-0.4, -0.2) is 36.7 Å². The minimum Gasteiger partial charge on any atom is -0.493 e. The fourth-order valence-corrected chi connectivity index (χ4v) is 5.72. The molecule has 0 aromatic heterocycles. The van der Waals surface area contributed by atoms with Crippen molar-refractivity contribution in [2.24, 2.45) is 0 Å². The topological polar surface area (TPSA) is 55.8 Å². The number of hydrogen-bond acceptors (Lipinski definition) is 5. The van der Waals surface area contributed by atoms with E-state index in [1.807, 2.05) is 12.1 Å². The summed E-state index contributed by atoms with van der Waals surface area (Å²) >= 11 is 3.73. The van der Waals surface area contributed by atoms with Gasteiger partial charge in [-0.15, -0.1) is 0 Å². The summed E-state index contributed by atoms with van der Waals surface area (Å²) in [6.07, 6.45) is 5.46. The molecule has 6 heteroatoms. The highest BCUT2D eigenvalue weighted by Gasteiger charge is 2.43. The summed E-state index contributed by atoms with van der Waals surface area (Å²) < 4.78 is 12.3. The molecule has 0 atom stereocenters. The summed E-state index contributed by atoms with van der Waals surface area (Å²) in [7, 11) is 1.62. The van der Waals surface area contributed by atoms with Gasteiger partial charge in [-0.05, 0) is 56.7 Å². The number of nitrogens with zero attached hydrogens (tertiary/aromatic N) is 1. The minimum absolute atomic E-state index is 0.159. The van der Waals surface area contributed by atoms with Gasteiger partial charge in [-0.1, -0.05) is 22.9 Å². The molecule has 2 aliphatic carbocycles. The summed E-state index contributed by atoms with van der Waals surface area (Å²) in [6.45, 7) is 5.53. The van der Waals surface area contributed by atoms with Gasteiger partial charge in [0.15, 0.2) is 23.1 Å². The van der Waals surface area contributed by atoms with Gasteiger partial charge in [0.25, 0.3) is 0 Å². The van der Waals surface area contributed by atoms with Crippen LogP contribution in [0.15, 0.2) is 39.1 Å². The number of benzene rings is 1. The molecule has 1 aromatic carbocycles. The van der Waals surface area contributed by atoms with Gasteiger partial charge in [0, 0.05) is 52.3 Å². The average molecular weight is 488 g/mol. The van der Waals surface area contributed by atoms with E-state index in [2.05, 4.69) is 34.7 Å². The van der Waals surface area contributed by atoms with E-state index < -0.39 is 0 Å². The Labute approximate surface area is 192 Å². The largest absolute Gasteiger partial charge is 0.493 e. The third-order valence-corrected chi connectivity index (χ3v) is 7.15. The number of hydrogen-bond donors (Lipinski definition) is 0. The zero-order valence-electron chi connectivity index (χ0n) is 18.6. The van der Waals surface area contributed by atoms with Crippen molar-refractivity contribution in [3.63, 3.8) is 0 Å². The lowest BCUT2D eigenvalue weighted by molar-refractivity contribution is -0.117. The molecule has 4 rings (SSSR count). The van der Waals surface area contributed by atoms with Gasteiger partial charge in [-0.2, -0.15) is 0 Å². The number of ether oxygens (including phenoxy) is 2. The number of Topliss-reactive ketones (excluding diaryl/α,β-unsaturated/α-hetero) is 2. The lowest BCUT2D eigenvalue weighted by atomic mass is 9.71. The number of carbonyl (C=O) groups is 2. The fraction of sp³-hybridized carbons (Fsp3) is 0.520. The van der Waals surface area contributed by atoms with Crippen LogP contribution in [-0.2, 0) is 9.59 Å². The molecule has 1 aliphatic heterocycles. The predicted octanol–water partition coefficient (Wildman–Crippen LogP) is 5.68. The minimum atomic E-state index is -0.350. The van der Waals surface area contributed by atoms with Crippen molar-refractivity contribution in [2.45, 2.75) is 64.7 Å². The molecule has 5 nitrogen and oxygen atoms in total. The monoisotopic (exact) mass is 487 g/mol. The predicted molar refractivity (Wildman–Crippen MR) is 123 cm³/mol. The molecule has 31 heavy (non-hydrogen) atoms. The van der Waals surface area contributed by atoms with Gasteiger partial charge in [-0.3, -0.25) is 9.59 Å². The maximum atomic E-state index is 13.2. The lowest BCUT2D eigenvalue weighted by Gasteiger charge is -2.43. The van der Waals surface area contributed by atoms with Crippen molar-refractivity contribution >= 4 is 27.5 Å². The van der Waals surface area contributed by atoms with E-state index in [4.69, 9.17) is 9.47 Å². The number of allylic oxidation sites excluding steroid dienone is 4. The molecule has 0 saturated carbocycles. The molecule has 0 fully saturated rings. The zero-order valence-corrected chi connectivity index (χ0v) is 20.1. The van der Waals surface area contributed by atoms with Crippen molar-refractivity contribution < 1.29 is 19.1 Å². The molecule has 3 aliphatic rings. The van der Waals surface area contributed by atoms with E-state index in [1.54, 1.807) is 7.11 Å². The van der Waals surface area contributed by atoms with Crippen molar-refractivity contribution in [1.82, 2.24) is 4.90 Å². The first-order chi connectivity index (χ1) is 15.0. The number of methoxy groups -OCH3 is 1. The number of ketones is 2. The maximum Gasteiger partial charge on any atom is 0.162 e. The molecule has 166 valence electrons. The van der Waals surface area contributed by atoms with E-state index in [1.165, 1.54) is 0 Å². The van der Waals surface area contributed by atoms with E-state index in [0.717, 1.165) is 71.2 Å². The van der Waals surface area contributed by atoms with Gasteiger partial charge in [0.1, 0.15) is 0 Å². The summed E-state index contributed by atoms with van der Waals surface area (Å²) in [5.41, 5.74) is 4.71. The highest BCUT2D eigenvalue weighted by Crippen LogP contribution is 2.51. The second-order valence-corrected chi connectivity index (χ2v) is 9.18.